The third-order valence-electron chi connectivity index (χ3n) is 11.6. The summed E-state index contributed by atoms with van der Waals surface area (Å²) in [5, 5.41) is 80.7. The molecule has 1 aromatic carbocycles. The number of nitrogens with two attached hydrogens (primary N) is 2. The Balaban J connectivity index is 1.29. The Morgan fingerprint density at radius 1 is 0.829 bits per heavy atom. The highest BCUT2D eigenvalue weighted by molar-refractivity contribution is 5.98. The lowest BCUT2D eigenvalue weighted by Gasteiger charge is -2.47. The van der Waals surface area contributed by atoms with Gasteiger partial charge in [-0.25, -0.2) is 9.86 Å². The number of carboxylic acids is 1. The summed E-state index contributed by atoms with van der Waals surface area (Å²) in [6.07, 6.45) is -2.37. The minimum absolute atomic E-state index is 0.0532. The first-order valence-corrected chi connectivity index (χ1v) is 22.4. The van der Waals surface area contributed by atoms with E-state index in [1.165, 1.54) is 19.1 Å². The Morgan fingerprint density at radius 3 is 2.10 bits per heavy atom. The topological polar surface area (TPSA) is 447 Å². The van der Waals surface area contributed by atoms with Gasteiger partial charge in [-0.2, -0.15) is 0 Å². The number of anilines is 1. The Morgan fingerprint density at radius 2 is 1.46 bits per heavy atom. The lowest BCUT2D eigenvalue weighted by Crippen LogP contribution is -2.64. The summed E-state index contributed by atoms with van der Waals surface area (Å²) >= 11 is 0. The standard InChI is InChI=1S/C42H62N12O16/c1-18(35(61)50-23-8-6-14-53(70)41(23)67)47-39(65)31(20(3)55)51-36(62)19(2)48-40(66)32(33(60)42(68)69)52-37(63)22(43)7-4-5-12-46-38(64)25-11-13-45-34-24(49-30(59)10-9-29(44)58)15-21-16-27(56)28(57)17-26(21)54(25)34/h15-20,22-23,25,31-34,45,55-57,60,70H,4-14,43H2,1-3H3,(H2,44,58)(H,46,64)(H,47,65)(H,48,66)(H,49,59)(H,50,61)(H,51,62)(H,52,63)(H,68,69)/t18-,19-,20+,22-,23+,25+,31+,32+,33+,34-/m0/s1. The first-order valence-electron chi connectivity index (χ1n) is 22.4. The number of carbonyl (C=O) groups is 10. The monoisotopic (exact) mass is 990 g/mol. The van der Waals surface area contributed by atoms with E-state index < -0.39 is 131 Å². The molecule has 0 aliphatic carbocycles. The number of aromatic hydroxyl groups is 2. The average molecular weight is 991 g/mol. The Hall–Kier alpha value is -7.14. The Kier molecular flexibility index (Phi) is 19.8. The number of hydroxylamine groups is 2. The van der Waals surface area contributed by atoms with E-state index in [0.717, 1.165) is 13.8 Å². The van der Waals surface area contributed by atoms with Crippen LogP contribution in [0.2, 0.25) is 0 Å². The molecule has 0 radical (unpaired) electrons. The van der Waals surface area contributed by atoms with Crippen LogP contribution < -0.4 is 58.9 Å². The molecule has 3 aliphatic rings. The summed E-state index contributed by atoms with van der Waals surface area (Å²) in [6.45, 7) is 4.00. The van der Waals surface area contributed by atoms with E-state index in [4.69, 9.17) is 11.5 Å². The molecule has 3 heterocycles. The third-order valence-corrected chi connectivity index (χ3v) is 11.6. The van der Waals surface area contributed by atoms with Gasteiger partial charge in [-0.1, -0.05) is 0 Å². The second-order valence-corrected chi connectivity index (χ2v) is 17.1. The molecule has 0 spiro atoms. The maximum absolute atomic E-state index is 13.7. The maximum atomic E-state index is 13.7. The van der Waals surface area contributed by atoms with Gasteiger partial charge in [0.05, 0.1) is 23.5 Å². The number of aliphatic hydroxyl groups excluding tert-OH is 2. The molecular formula is C42H62N12O16. The van der Waals surface area contributed by atoms with Crippen LogP contribution in [0, 0.1) is 0 Å². The highest BCUT2D eigenvalue weighted by Crippen LogP contribution is 2.41. The molecule has 0 saturated carbocycles. The summed E-state index contributed by atoms with van der Waals surface area (Å²) in [5.41, 5.74) is 12.3. The van der Waals surface area contributed by atoms with Crippen molar-refractivity contribution in [2.75, 3.05) is 24.5 Å². The minimum Gasteiger partial charge on any atom is -0.504 e. The molecule has 9 amide bonds. The number of primary amides is 1. The van der Waals surface area contributed by atoms with E-state index in [0.29, 0.717) is 35.0 Å². The van der Waals surface area contributed by atoms with Gasteiger partial charge in [-0.3, -0.25) is 53.7 Å². The number of hydrogen-bond acceptors (Lipinski definition) is 18. The van der Waals surface area contributed by atoms with Gasteiger partial charge in [0, 0.05) is 37.6 Å². The highest BCUT2D eigenvalue weighted by atomic mass is 16.5. The van der Waals surface area contributed by atoms with Crippen LogP contribution in [-0.4, -0.2) is 175 Å². The van der Waals surface area contributed by atoms with Crippen LogP contribution in [0.4, 0.5) is 5.69 Å². The van der Waals surface area contributed by atoms with Gasteiger partial charge in [0.2, 0.25) is 47.3 Å². The van der Waals surface area contributed by atoms with Crippen molar-refractivity contribution in [2.24, 2.45) is 11.5 Å². The van der Waals surface area contributed by atoms with E-state index >= 15 is 0 Å². The van der Waals surface area contributed by atoms with E-state index in [-0.39, 0.29) is 58.0 Å². The van der Waals surface area contributed by atoms with Crippen LogP contribution in [0.15, 0.2) is 17.8 Å². The smallest absolute Gasteiger partial charge is 0.335 e. The van der Waals surface area contributed by atoms with Gasteiger partial charge < -0.3 is 79.1 Å². The fourth-order valence-corrected chi connectivity index (χ4v) is 7.68. The number of carboxylic acid groups (broad SMARTS) is 1. The molecule has 386 valence electrons. The van der Waals surface area contributed by atoms with Crippen molar-refractivity contribution in [2.45, 2.75) is 133 Å². The molecule has 70 heavy (non-hydrogen) atoms. The lowest BCUT2D eigenvalue weighted by molar-refractivity contribution is -0.173. The van der Waals surface area contributed by atoms with Gasteiger partial charge in [0.15, 0.2) is 17.6 Å². The third kappa shape index (κ3) is 14.7. The number of unbranched alkanes of at least 4 members (excludes halogenated alkanes) is 1. The van der Waals surface area contributed by atoms with Crippen LogP contribution in [0.5, 0.6) is 11.5 Å². The number of phenols is 2. The zero-order chi connectivity index (χ0) is 52.1. The number of fused-ring (bicyclic) bond motifs is 3. The second kappa shape index (κ2) is 24.9. The number of carbonyl (C=O) groups excluding carboxylic acids is 9. The summed E-state index contributed by atoms with van der Waals surface area (Å²) in [7, 11) is 0. The van der Waals surface area contributed by atoms with Gasteiger partial charge in [-0.15, -0.1) is 0 Å². The van der Waals surface area contributed by atoms with Crippen LogP contribution >= 0.6 is 0 Å². The van der Waals surface area contributed by atoms with Crippen molar-refractivity contribution >= 4 is 70.9 Å². The minimum atomic E-state index is -2.53. The van der Waals surface area contributed by atoms with Crippen molar-refractivity contribution < 1.29 is 78.7 Å². The van der Waals surface area contributed by atoms with E-state index in [9.17, 15) is 78.7 Å². The first kappa shape index (κ1) is 55.5. The predicted molar refractivity (Wildman–Crippen MR) is 241 cm³/mol. The number of aliphatic carboxylic acids is 1. The Labute approximate surface area is 400 Å². The second-order valence-electron chi connectivity index (χ2n) is 17.1. The van der Waals surface area contributed by atoms with Crippen molar-refractivity contribution in [3.8, 4) is 11.5 Å². The predicted octanol–water partition coefficient (Wildman–Crippen LogP) is -5.76. The van der Waals surface area contributed by atoms with Gasteiger partial charge in [-0.05, 0) is 78.0 Å². The average Bonchev–Trinajstić information content (AvgIpc) is 3.30. The molecule has 10 atom stereocenters. The largest absolute Gasteiger partial charge is 0.504 e. The van der Waals surface area contributed by atoms with Crippen molar-refractivity contribution in [3.05, 3.63) is 23.4 Å². The van der Waals surface area contributed by atoms with Crippen molar-refractivity contribution in [1.29, 1.82) is 0 Å². The fraction of sp³-hybridized carbons (Fsp3) is 0.571. The quantitative estimate of drug-likeness (QED) is 0.0276. The number of nitrogens with zero attached hydrogens (tertiary/aromatic N) is 2. The number of aliphatic hydroxyl groups is 2. The number of benzene rings is 1. The summed E-state index contributed by atoms with van der Waals surface area (Å²) in [5.74, 6) is -10.6. The zero-order valence-corrected chi connectivity index (χ0v) is 38.6. The summed E-state index contributed by atoms with van der Waals surface area (Å²) in [4.78, 5) is 128. The summed E-state index contributed by atoms with van der Waals surface area (Å²) in [6, 6.07) is -7.48. The highest BCUT2D eigenvalue weighted by Gasteiger charge is 2.41. The maximum Gasteiger partial charge on any atom is 0.335 e. The summed E-state index contributed by atoms with van der Waals surface area (Å²) < 4.78 is 0. The van der Waals surface area contributed by atoms with Gasteiger partial charge >= 0.3 is 5.97 Å². The Bertz CT molecular complexity index is 2210. The normalized spacial score (nSPS) is 20.5. The molecule has 18 N–H and O–H groups in total. The molecule has 3 aliphatic heterocycles. The molecule has 28 heteroatoms. The van der Waals surface area contributed by atoms with Crippen LogP contribution in [0.1, 0.15) is 77.7 Å². The fourth-order valence-electron chi connectivity index (χ4n) is 7.68. The number of hydrogen-bond donors (Lipinski definition) is 16. The van der Waals surface area contributed by atoms with Crippen LogP contribution in [-0.2, 0) is 47.9 Å². The number of phenolic OH excluding ortho intramolecular Hbond substituents is 2. The number of piperidine rings is 1. The van der Waals surface area contributed by atoms with Crippen LogP contribution in [0.25, 0.3) is 6.08 Å². The SMILES string of the molecule is C[C@H](NC(=O)[C@H](NC(=O)[C@H](C)NC(=O)[C@H](NC(=O)[C@@H](N)CCCCNC(=O)[C@H]1CCN[C@@H]2C(NC(=O)CCC(N)=O)=Cc3cc(O)c(O)cc3N12)[C@@H](O)C(=O)O)[C@@H](C)O)C(=O)N[C@@H]1CCCN(O)C1=O. The van der Waals surface area contributed by atoms with Crippen molar-refractivity contribution in [3.63, 3.8) is 0 Å². The number of amides is 9. The molecule has 0 bridgehead atoms. The molecule has 0 unspecified atom stereocenters. The van der Waals surface area contributed by atoms with Crippen LogP contribution in [0.3, 0.4) is 0 Å². The van der Waals surface area contributed by atoms with Gasteiger partial charge in [0.1, 0.15) is 42.4 Å². The number of nitrogens with one attached hydrogen (secondary N) is 8. The number of rotatable bonds is 23. The van der Waals surface area contributed by atoms with Gasteiger partial charge in [0.25, 0.3) is 5.91 Å². The molecule has 2 saturated heterocycles. The molecule has 1 aromatic rings. The van der Waals surface area contributed by atoms with E-state index in [2.05, 4.69) is 42.5 Å². The molecule has 2 fully saturated rings. The lowest BCUT2D eigenvalue weighted by atomic mass is 9.96. The zero-order valence-electron chi connectivity index (χ0n) is 38.6. The molecule has 28 nitrogen and oxygen atoms in total. The van der Waals surface area contributed by atoms with Crippen molar-refractivity contribution in [1.82, 2.24) is 47.6 Å². The van der Waals surface area contributed by atoms with E-state index in [1.807, 2.05) is 0 Å². The van der Waals surface area contributed by atoms with E-state index in [1.54, 1.807) is 11.0 Å². The molecule has 0 aromatic heterocycles. The first-order chi connectivity index (χ1) is 32.9. The molecular weight excluding hydrogens is 929 g/mol. The molecule has 4 rings (SSSR count).